The highest BCUT2D eigenvalue weighted by molar-refractivity contribution is 5.96. The van der Waals surface area contributed by atoms with Gasteiger partial charge in [0.25, 0.3) is 5.91 Å². The second-order valence-electron chi connectivity index (χ2n) is 6.07. The van der Waals surface area contributed by atoms with Crippen LogP contribution in [0.4, 0.5) is 0 Å². The van der Waals surface area contributed by atoms with Gasteiger partial charge in [-0.1, -0.05) is 0 Å². The monoisotopic (exact) mass is 334 g/mol. The van der Waals surface area contributed by atoms with Gasteiger partial charge in [-0.15, -0.1) is 0 Å². The van der Waals surface area contributed by atoms with Crippen LogP contribution in [0.15, 0.2) is 41.3 Å². The van der Waals surface area contributed by atoms with Gasteiger partial charge in [-0.05, 0) is 31.0 Å². The van der Waals surface area contributed by atoms with Gasteiger partial charge < -0.3 is 14.3 Å². The molecule has 8 heteroatoms. The van der Waals surface area contributed by atoms with Crippen LogP contribution in [-0.2, 0) is 6.54 Å². The average Bonchev–Trinajstić information content (AvgIpc) is 3.26. The van der Waals surface area contributed by atoms with Crippen molar-refractivity contribution in [2.24, 2.45) is 0 Å². The van der Waals surface area contributed by atoms with Crippen LogP contribution in [-0.4, -0.2) is 30.4 Å². The van der Waals surface area contributed by atoms with Gasteiger partial charge in [-0.2, -0.15) is 4.98 Å². The topological polar surface area (TPSA) is 98.7 Å². The lowest BCUT2D eigenvalue weighted by atomic mass is 10.2. The first-order chi connectivity index (χ1) is 12.3. The van der Waals surface area contributed by atoms with Crippen molar-refractivity contribution in [1.82, 2.24) is 29.8 Å². The fourth-order valence-electron chi connectivity index (χ4n) is 2.81. The largest absolute Gasteiger partial charge is 0.437 e. The molecule has 25 heavy (non-hydrogen) atoms. The highest BCUT2D eigenvalue weighted by Crippen LogP contribution is 2.36. The third-order valence-corrected chi connectivity index (χ3v) is 4.22. The van der Waals surface area contributed by atoms with E-state index in [0.717, 1.165) is 24.0 Å². The number of fused-ring (bicyclic) bond motifs is 2. The Labute approximate surface area is 141 Å². The van der Waals surface area contributed by atoms with Crippen LogP contribution >= 0.6 is 0 Å². The number of aromatic nitrogens is 5. The van der Waals surface area contributed by atoms with E-state index < -0.39 is 0 Å². The number of carbonyl (C=O) groups is 1. The Balaban J connectivity index is 1.34. The summed E-state index contributed by atoms with van der Waals surface area (Å²) in [6.45, 7) is 0.184. The zero-order chi connectivity index (χ0) is 16.8. The Bertz CT molecular complexity index is 1060. The first-order valence-electron chi connectivity index (χ1n) is 8.09. The summed E-state index contributed by atoms with van der Waals surface area (Å²) in [6.07, 6.45) is 7.34. The molecule has 0 unspecified atom stereocenters. The summed E-state index contributed by atoms with van der Waals surface area (Å²) in [6, 6.07) is 5.82. The molecule has 4 heterocycles. The van der Waals surface area contributed by atoms with Crippen LogP contribution in [0.3, 0.4) is 0 Å². The molecule has 0 radical (unpaired) electrons. The number of amides is 1. The highest BCUT2D eigenvalue weighted by Gasteiger charge is 2.25. The van der Waals surface area contributed by atoms with Crippen molar-refractivity contribution < 1.29 is 9.21 Å². The fraction of sp³-hybridized carbons (Fsp3) is 0.235. The van der Waals surface area contributed by atoms with E-state index in [2.05, 4.69) is 29.8 Å². The maximum absolute atomic E-state index is 12.4. The van der Waals surface area contributed by atoms with E-state index in [1.54, 1.807) is 36.9 Å². The molecule has 5 rings (SSSR count). The highest BCUT2D eigenvalue weighted by atomic mass is 16.3. The minimum absolute atomic E-state index is 0.184. The maximum Gasteiger partial charge on any atom is 0.253 e. The summed E-state index contributed by atoms with van der Waals surface area (Å²) in [5.41, 5.74) is 3.14. The first kappa shape index (κ1) is 14.1. The predicted molar refractivity (Wildman–Crippen MR) is 88.8 cm³/mol. The number of hydrogen-bond acceptors (Lipinski definition) is 6. The Hall–Kier alpha value is -3.29. The Kier molecular flexibility index (Phi) is 3.03. The third-order valence-electron chi connectivity index (χ3n) is 4.22. The number of carbonyl (C=O) groups excluding carboxylic acids is 1. The van der Waals surface area contributed by atoms with Crippen LogP contribution in [0.1, 0.15) is 35.1 Å². The average molecular weight is 334 g/mol. The normalized spacial score (nSPS) is 14.2. The van der Waals surface area contributed by atoms with E-state index in [1.165, 1.54) is 0 Å². The maximum atomic E-state index is 12.4. The lowest BCUT2D eigenvalue weighted by Gasteiger charge is -2.03. The van der Waals surface area contributed by atoms with Gasteiger partial charge in [0.1, 0.15) is 5.52 Å². The smallest absolute Gasteiger partial charge is 0.253 e. The lowest BCUT2D eigenvalue weighted by molar-refractivity contribution is 0.0947. The molecule has 1 N–H and O–H groups in total. The molecule has 0 atom stereocenters. The molecule has 1 fully saturated rings. The van der Waals surface area contributed by atoms with E-state index >= 15 is 0 Å². The quantitative estimate of drug-likeness (QED) is 0.614. The van der Waals surface area contributed by atoms with Crippen molar-refractivity contribution in [3.05, 3.63) is 48.4 Å². The van der Waals surface area contributed by atoms with Gasteiger partial charge in [0.05, 0.1) is 18.4 Å². The van der Waals surface area contributed by atoms with Crippen LogP contribution < -0.4 is 5.32 Å². The van der Waals surface area contributed by atoms with E-state index in [-0.39, 0.29) is 12.5 Å². The summed E-state index contributed by atoms with van der Waals surface area (Å²) in [5, 5.41) is 2.79. The van der Waals surface area contributed by atoms with E-state index in [1.807, 2.05) is 0 Å². The molecule has 0 bridgehead atoms. The predicted octanol–water partition coefficient (Wildman–Crippen LogP) is 2.23. The minimum atomic E-state index is -0.245. The van der Waals surface area contributed by atoms with Gasteiger partial charge in [-0.3, -0.25) is 4.79 Å². The first-order valence-corrected chi connectivity index (χ1v) is 8.09. The number of nitrogens with zero attached hydrogens (tertiary/aromatic N) is 5. The standard InChI is InChI=1S/C17H14N6O2/c24-17(20-8-14-22-15-13(25-14)2-1-5-18-15)10-6-12-16(19-7-10)23(9-21-12)11-3-4-11/h1-2,5-7,9,11H,3-4,8H2,(H,20,24). The molecule has 1 amide bonds. The van der Waals surface area contributed by atoms with Crippen molar-refractivity contribution in [3.8, 4) is 0 Å². The van der Waals surface area contributed by atoms with Crippen molar-refractivity contribution in [2.75, 3.05) is 0 Å². The molecule has 0 spiro atoms. The van der Waals surface area contributed by atoms with Crippen molar-refractivity contribution in [2.45, 2.75) is 25.4 Å². The molecule has 0 aromatic carbocycles. The molecule has 4 aromatic heterocycles. The van der Waals surface area contributed by atoms with Gasteiger partial charge >= 0.3 is 0 Å². The van der Waals surface area contributed by atoms with Gasteiger partial charge in [0.15, 0.2) is 16.9 Å². The van der Waals surface area contributed by atoms with Crippen LogP contribution in [0, 0.1) is 0 Å². The molecule has 1 saturated carbocycles. The zero-order valence-corrected chi connectivity index (χ0v) is 13.2. The molecule has 1 aliphatic rings. The third kappa shape index (κ3) is 2.51. The number of pyridine rings is 2. The molecular formula is C17H14N6O2. The molecular weight excluding hydrogens is 320 g/mol. The summed E-state index contributed by atoms with van der Waals surface area (Å²) in [4.78, 5) is 29.5. The zero-order valence-electron chi connectivity index (χ0n) is 13.2. The van der Waals surface area contributed by atoms with Crippen LogP contribution in [0.5, 0.6) is 0 Å². The number of hydrogen-bond donors (Lipinski definition) is 1. The lowest BCUT2D eigenvalue weighted by Crippen LogP contribution is -2.23. The molecule has 8 nitrogen and oxygen atoms in total. The van der Waals surface area contributed by atoms with Gasteiger partial charge in [0, 0.05) is 18.4 Å². The summed E-state index contributed by atoms with van der Waals surface area (Å²) >= 11 is 0. The van der Waals surface area contributed by atoms with Crippen LogP contribution in [0.2, 0.25) is 0 Å². The number of oxazole rings is 1. The van der Waals surface area contributed by atoms with Crippen LogP contribution in [0.25, 0.3) is 22.4 Å². The fourth-order valence-corrected chi connectivity index (χ4v) is 2.81. The molecule has 124 valence electrons. The number of imidazole rings is 1. The number of nitrogens with one attached hydrogen (secondary N) is 1. The molecule has 0 saturated heterocycles. The Morgan fingerprint density at radius 1 is 1.32 bits per heavy atom. The Morgan fingerprint density at radius 3 is 3.08 bits per heavy atom. The number of rotatable bonds is 4. The van der Waals surface area contributed by atoms with Crippen molar-refractivity contribution >= 4 is 28.3 Å². The Morgan fingerprint density at radius 2 is 2.24 bits per heavy atom. The summed E-state index contributed by atoms with van der Waals surface area (Å²) < 4.78 is 7.61. The minimum Gasteiger partial charge on any atom is -0.437 e. The second kappa shape index (κ2) is 5.37. The van der Waals surface area contributed by atoms with Crippen molar-refractivity contribution in [1.29, 1.82) is 0 Å². The van der Waals surface area contributed by atoms with E-state index in [9.17, 15) is 4.79 Å². The SMILES string of the molecule is O=C(NCc1nc2ncccc2o1)c1cnc2c(c1)ncn2C1CC1. The molecule has 4 aromatic rings. The van der Waals surface area contributed by atoms with E-state index in [0.29, 0.717) is 28.7 Å². The van der Waals surface area contributed by atoms with Gasteiger partial charge in [-0.25, -0.2) is 15.0 Å². The molecule has 0 aliphatic heterocycles. The van der Waals surface area contributed by atoms with E-state index in [4.69, 9.17) is 4.42 Å². The van der Waals surface area contributed by atoms with Crippen molar-refractivity contribution in [3.63, 3.8) is 0 Å². The summed E-state index contributed by atoms with van der Waals surface area (Å²) in [5.74, 6) is 0.166. The molecule has 1 aliphatic carbocycles. The summed E-state index contributed by atoms with van der Waals surface area (Å²) in [7, 11) is 0. The second-order valence-corrected chi connectivity index (χ2v) is 6.07. The van der Waals surface area contributed by atoms with Gasteiger partial charge in [0.2, 0.25) is 5.89 Å².